The molecule has 3 nitrogen and oxygen atoms in total. The first-order valence-electron chi connectivity index (χ1n) is 9.07. The molecule has 0 N–H and O–H groups in total. The zero-order valence-electron chi connectivity index (χ0n) is 14.8. The van der Waals surface area contributed by atoms with Crippen LogP contribution in [0, 0.1) is 6.92 Å². The molecule has 3 aromatic heterocycles. The lowest BCUT2D eigenvalue weighted by molar-refractivity contribution is 0.654. The van der Waals surface area contributed by atoms with Crippen LogP contribution in [0.5, 0.6) is 0 Å². The van der Waals surface area contributed by atoms with Gasteiger partial charge in [-0.15, -0.1) is 0 Å². The summed E-state index contributed by atoms with van der Waals surface area (Å²) in [5, 5.41) is 4.66. The largest absolute Gasteiger partial charge is 0.438 e. The quantitative estimate of drug-likeness (QED) is 0.345. The molecule has 3 heteroatoms. The zero-order valence-corrected chi connectivity index (χ0v) is 14.8. The second-order valence-corrected chi connectivity index (χ2v) is 7.02. The Kier molecular flexibility index (Phi) is 2.81. The van der Waals surface area contributed by atoms with E-state index >= 15 is 0 Å². The van der Waals surface area contributed by atoms with Gasteiger partial charge in [0.05, 0.1) is 28.3 Å². The highest BCUT2D eigenvalue weighted by Crippen LogP contribution is 2.34. The lowest BCUT2D eigenvalue weighted by atomic mass is 10.1. The number of aromatic nitrogens is 2. The molecule has 6 rings (SSSR count). The summed E-state index contributed by atoms with van der Waals surface area (Å²) in [6.45, 7) is 2.10. The second kappa shape index (κ2) is 5.21. The fourth-order valence-corrected chi connectivity index (χ4v) is 4.09. The second-order valence-electron chi connectivity index (χ2n) is 7.02. The molecule has 128 valence electrons. The van der Waals surface area contributed by atoms with E-state index < -0.39 is 0 Å². The van der Waals surface area contributed by atoms with Crippen molar-refractivity contribution >= 4 is 43.9 Å². The van der Waals surface area contributed by atoms with E-state index in [9.17, 15) is 0 Å². The minimum absolute atomic E-state index is 0.681. The minimum atomic E-state index is 0.681. The molecular formula is C24H16N2O. The number of fused-ring (bicyclic) bond motifs is 6. The molecule has 0 radical (unpaired) electrons. The predicted octanol–water partition coefficient (Wildman–Crippen LogP) is 6.39. The van der Waals surface area contributed by atoms with E-state index in [1.807, 2.05) is 12.3 Å². The van der Waals surface area contributed by atoms with Crippen molar-refractivity contribution in [3.8, 4) is 5.69 Å². The van der Waals surface area contributed by atoms with Crippen LogP contribution in [0.3, 0.4) is 0 Å². The Morgan fingerprint density at radius 2 is 1.44 bits per heavy atom. The monoisotopic (exact) mass is 348 g/mol. The van der Waals surface area contributed by atoms with Crippen molar-refractivity contribution in [3.05, 3.63) is 84.6 Å². The molecule has 0 saturated heterocycles. The molecule has 0 aliphatic heterocycles. The fourth-order valence-electron chi connectivity index (χ4n) is 4.09. The Bertz CT molecular complexity index is 1430. The summed E-state index contributed by atoms with van der Waals surface area (Å²) in [4.78, 5) is 4.63. The number of rotatable bonds is 1. The summed E-state index contributed by atoms with van der Waals surface area (Å²) >= 11 is 0. The summed E-state index contributed by atoms with van der Waals surface area (Å²) in [5.41, 5.74) is 6.19. The van der Waals surface area contributed by atoms with E-state index in [0.717, 1.165) is 22.0 Å². The Labute approximate surface area is 155 Å². The van der Waals surface area contributed by atoms with Crippen LogP contribution in [-0.2, 0) is 0 Å². The van der Waals surface area contributed by atoms with Crippen LogP contribution in [0.15, 0.2) is 83.4 Å². The molecule has 0 spiro atoms. The van der Waals surface area contributed by atoms with Crippen LogP contribution in [0.2, 0.25) is 0 Å². The molecule has 0 bridgehead atoms. The third-order valence-electron chi connectivity index (χ3n) is 5.31. The van der Waals surface area contributed by atoms with Crippen molar-refractivity contribution in [2.75, 3.05) is 0 Å². The maximum absolute atomic E-state index is 5.93. The van der Waals surface area contributed by atoms with Crippen molar-refractivity contribution in [1.82, 2.24) is 9.55 Å². The van der Waals surface area contributed by atoms with E-state index in [-0.39, 0.29) is 0 Å². The summed E-state index contributed by atoms with van der Waals surface area (Å²) in [7, 11) is 0. The SMILES string of the molecule is Cc1ccc2oc3ncc(-n4c5ccccc5c5ccccc54)cc3c2c1. The van der Waals surface area contributed by atoms with Gasteiger partial charge < -0.3 is 8.98 Å². The van der Waals surface area contributed by atoms with Gasteiger partial charge in [0, 0.05) is 16.2 Å². The normalized spacial score (nSPS) is 11.9. The number of furan rings is 1. The number of pyridine rings is 1. The van der Waals surface area contributed by atoms with Gasteiger partial charge >= 0.3 is 0 Å². The van der Waals surface area contributed by atoms with Gasteiger partial charge in [0.1, 0.15) is 5.58 Å². The summed E-state index contributed by atoms with van der Waals surface area (Å²) in [6.07, 6.45) is 1.90. The molecular weight excluding hydrogens is 332 g/mol. The molecule has 3 aromatic carbocycles. The number of benzene rings is 3. The molecule has 0 aliphatic rings. The van der Waals surface area contributed by atoms with E-state index in [1.165, 1.54) is 27.4 Å². The van der Waals surface area contributed by atoms with Crippen molar-refractivity contribution < 1.29 is 4.42 Å². The third kappa shape index (κ3) is 1.99. The molecule has 0 saturated carbocycles. The van der Waals surface area contributed by atoms with Crippen LogP contribution < -0.4 is 0 Å². The van der Waals surface area contributed by atoms with E-state index in [1.54, 1.807) is 0 Å². The topological polar surface area (TPSA) is 31.0 Å². The molecule has 0 unspecified atom stereocenters. The number of hydrogen-bond acceptors (Lipinski definition) is 2. The van der Waals surface area contributed by atoms with Gasteiger partial charge in [-0.3, -0.25) is 0 Å². The Hall–Kier alpha value is -3.59. The summed E-state index contributed by atoms with van der Waals surface area (Å²) in [5.74, 6) is 0. The summed E-state index contributed by atoms with van der Waals surface area (Å²) in [6, 6.07) is 25.5. The molecule has 27 heavy (non-hydrogen) atoms. The smallest absolute Gasteiger partial charge is 0.227 e. The summed E-state index contributed by atoms with van der Waals surface area (Å²) < 4.78 is 8.22. The number of aryl methyl sites for hydroxylation is 1. The standard InChI is InChI=1S/C24H16N2O/c1-15-10-11-23-19(12-15)20-13-16(14-25-24(20)27-23)26-21-8-4-2-6-17(21)18-7-3-5-9-22(18)26/h2-14H,1H3. The molecule has 0 amide bonds. The third-order valence-corrected chi connectivity index (χ3v) is 5.31. The van der Waals surface area contributed by atoms with Crippen LogP contribution >= 0.6 is 0 Å². The molecule has 0 aliphatic carbocycles. The average molecular weight is 348 g/mol. The molecule has 3 heterocycles. The van der Waals surface area contributed by atoms with Crippen LogP contribution in [0.4, 0.5) is 0 Å². The lowest BCUT2D eigenvalue weighted by Gasteiger charge is -2.07. The van der Waals surface area contributed by atoms with Crippen molar-refractivity contribution in [2.24, 2.45) is 0 Å². The first kappa shape index (κ1) is 14.6. The maximum Gasteiger partial charge on any atom is 0.227 e. The Morgan fingerprint density at radius 3 is 2.19 bits per heavy atom. The van der Waals surface area contributed by atoms with Gasteiger partial charge in [-0.1, -0.05) is 48.0 Å². The average Bonchev–Trinajstić information content (AvgIpc) is 3.23. The number of hydrogen-bond donors (Lipinski definition) is 0. The first-order valence-corrected chi connectivity index (χ1v) is 9.07. The van der Waals surface area contributed by atoms with Gasteiger partial charge in [0.25, 0.3) is 0 Å². The van der Waals surface area contributed by atoms with Crippen molar-refractivity contribution in [2.45, 2.75) is 6.92 Å². The van der Waals surface area contributed by atoms with Gasteiger partial charge in [-0.05, 0) is 37.3 Å². The van der Waals surface area contributed by atoms with Crippen molar-refractivity contribution in [1.29, 1.82) is 0 Å². The number of nitrogens with zero attached hydrogens (tertiary/aromatic N) is 2. The highest BCUT2D eigenvalue weighted by molar-refractivity contribution is 6.10. The minimum Gasteiger partial charge on any atom is -0.438 e. The van der Waals surface area contributed by atoms with Crippen molar-refractivity contribution in [3.63, 3.8) is 0 Å². The van der Waals surface area contributed by atoms with E-state index in [4.69, 9.17) is 4.42 Å². The highest BCUT2D eigenvalue weighted by Gasteiger charge is 2.14. The fraction of sp³-hybridized carbons (Fsp3) is 0.0417. The van der Waals surface area contributed by atoms with Crippen LogP contribution in [0.25, 0.3) is 49.6 Å². The Morgan fingerprint density at radius 1 is 0.741 bits per heavy atom. The highest BCUT2D eigenvalue weighted by atomic mass is 16.3. The van der Waals surface area contributed by atoms with E-state index in [0.29, 0.717) is 5.71 Å². The molecule has 0 fully saturated rings. The zero-order chi connectivity index (χ0) is 18.0. The van der Waals surface area contributed by atoms with Gasteiger partial charge in [0.2, 0.25) is 5.71 Å². The number of para-hydroxylation sites is 2. The lowest BCUT2D eigenvalue weighted by Crippen LogP contribution is -1.94. The van der Waals surface area contributed by atoms with Crippen LogP contribution in [-0.4, -0.2) is 9.55 Å². The molecule has 6 aromatic rings. The van der Waals surface area contributed by atoms with Gasteiger partial charge in [-0.25, -0.2) is 4.98 Å². The molecule has 0 atom stereocenters. The van der Waals surface area contributed by atoms with Crippen LogP contribution in [0.1, 0.15) is 5.56 Å². The van der Waals surface area contributed by atoms with Gasteiger partial charge in [-0.2, -0.15) is 0 Å². The Balaban J connectivity index is 1.74. The van der Waals surface area contributed by atoms with E-state index in [2.05, 4.69) is 83.2 Å². The maximum atomic E-state index is 5.93. The first-order chi connectivity index (χ1) is 13.3. The van der Waals surface area contributed by atoms with Gasteiger partial charge in [0.15, 0.2) is 0 Å². The predicted molar refractivity (Wildman–Crippen MR) is 111 cm³/mol.